The maximum Gasteiger partial charge on any atom is 0.417 e. The number of benzene rings is 1. The number of piperazine rings is 1. The second-order valence-electron chi connectivity index (χ2n) is 10.3. The molecule has 2 N–H and O–H groups in total. The summed E-state index contributed by atoms with van der Waals surface area (Å²) >= 11 is 0. The van der Waals surface area contributed by atoms with Gasteiger partial charge in [-0.15, -0.1) is 0 Å². The van der Waals surface area contributed by atoms with Gasteiger partial charge in [-0.1, -0.05) is 13.0 Å². The Hall–Kier alpha value is -3.78. The third kappa shape index (κ3) is 4.99. The highest BCUT2D eigenvalue weighted by molar-refractivity contribution is 5.96. The van der Waals surface area contributed by atoms with Crippen molar-refractivity contribution in [1.29, 1.82) is 0 Å². The Morgan fingerprint density at radius 1 is 1.15 bits per heavy atom. The number of methoxy groups -OCH3 is 1. The molecule has 14 heteroatoms. The molecule has 0 bridgehead atoms. The molecule has 4 atom stereocenters. The lowest BCUT2D eigenvalue weighted by Gasteiger charge is -2.32. The normalized spacial score (nSPS) is 25.0. The highest BCUT2D eigenvalue weighted by atomic mass is 19.4. The number of anilines is 1. The van der Waals surface area contributed by atoms with E-state index in [1.54, 1.807) is 4.90 Å². The molecule has 2 saturated heterocycles. The zero-order chi connectivity index (χ0) is 29.7. The highest BCUT2D eigenvalue weighted by Crippen LogP contribution is 2.55. The first-order valence-corrected chi connectivity index (χ1v) is 12.9. The zero-order valence-electron chi connectivity index (χ0n) is 22.4. The molecule has 5 rings (SSSR count). The molecule has 0 spiro atoms. The van der Waals surface area contributed by atoms with Crippen LogP contribution in [0.25, 0.3) is 5.65 Å². The number of carbonyl (C=O) groups excluding carboxylic acids is 2. The van der Waals surface area contributed by atoms with E-state index in [2.05, 4.69) is 15.6 Å². The fraction of sp³-hybridized carbons (Fsp3) is 0.444. The Balaban J connectivity index is 1.45. The third-order valence-corrected chi connectivity index (χ3v) is 7.91. The molecule has 2 fully saturated rings. The van der Waals surface area contributed by atoms with Crippen LogP contribution in [-0.4, -0.2) is 77.3 Å². The summed E-state index contributed by atoms with van der Waals surface area (Å²) in [5, 5.41) is 5.72. The molecule has 2 aromatic heterocycles. The van der Waals surface area contributed by atoms with Crippen molar-refractivity contribution in [2.75, 3.05) is 38.6 Å². The van der Waals surface area contributed by atoms with Gasteiger partial charge < -0.3 is 29.4 Å². The van der Waals surface area contributed by atoms with Crippen LogP contribution >= 0.6 is 0 Å². The van der Waals surface area contributed by atoms with Gasteiger partial charge in [0, 0.05) is 56.0 Å². The minimum absolute atomic E-state index is 0.131. The molecule has 41 heavy (non-hydrogen) atoms. The summed E-state index contributed by atoms with van der Waals surface area (Å²) in [7, 11) is 1.06. The molecule has 0 unspecified atom stereocenters. The second kappa shape index (κ2) is 10.6. The molecule has 2 aliphatic rings. The predicted octanol–water partition coefficient (Wildman–Crippen LogP) is 3.74. The first kappa shape index (κ1) is 28.7. The number of alkyl halides is 3. The predicted molar refractivity (Wildman–Crippen MR) is 137 cm³/mol. The number of fused-ring (bicyclic) bond motifs is 1. The first-order chi connectivity index (χ1) is 19.4. The number of aromatic nitrogens is 2. The van der Waals surface area contributed by atoms with Crippen molar-refractivity contribution >= 4 is 23.1 Å². The fourth-order valence-electron chi connectivity index (χ4n) is 5.45. The molecule has 220 valence electrons. The van der Waals surface area contributed by atoms with Gasteiger partial charge in [0.15, 0.2) is 17.2 Å². The molecule has 9 nitrogen and oxygen atoms in total. The molecule has 0 saturated carbocycles. The lowest BCUT2D eigenvalue weighted by Crippen LogP contribution is -2.47. The number of amides is 2. The number of hydrogen-bond acceptors (Lipinski definition) is 6. The SMILES string of the molecule is COc1c([C@H]2[C@H](C(=O)Nc3ccc4nc(C(=O)N5CCNCC5)cn4c3)O[C@@](C)(C(F)(F)F)[C@H]2C)ccc(F)c1F. The minimum Gasteiger partial charge on any atom is -0.493 e. The van der Waals surface area contributed by atoms with E-state index in [9.17, 15) is 31.5 Å². The van der Waals surface area contributed by atoms with E-state index in [-0.39, 0.29) is 22.9 Å². The van der Waals surface area contributed by atoms with E-state index in [0.717, 1.165) is 26.2 Å². The van der Waals surface area contributed by atoms with E-state index in [4.69, 9.17) is 9.47 Å². The second-order valence-corrected chi connectivity index (χ2v) is 10.3. The van der Waals surface area contributed by atoms with Crippen LogP contribution in [0.4, 0.5) is 27.6 Å². The number of nitrogens with one attached hydrogen (secondary N) is 2. The number of ether oxygens (including phenoxy) is 2. The van der Waals surface area contributed by atoms with E-state index in [1.165, 1.54) is 35.9 Å². The molecular weight excluding hydrogens is 553 g/mol. The number of halogens is 5. The van der Waals surface area contributed by atoms with Crippen LogP contribution in [0, 0.1) is 17.6 Å². The molecular formula is C27H28F5N5O4. The summed E-state index contributed by atoms with van der Waals surface area (Å²) in [6.45, 7) is 4.46. The average Bonchev–Trinajstić information content (AvgIpc) is 3.49. The number of nitrogens with zero attached hydrogens (tertiary/aromatic N) is 3. The van der Waals surface area contributed by atoms with Gasteiger partial charge in [-0.2, -0.15) is 17.6 Å². The van der Waals surface area contributed by atoms with Crippen LogP contribution in [0.5, 0.6) is 5.75 Å². The zero-order valence-corrected chi connectivity index (χ0v) is 22.4. The summed E-state index contributed by atoms with van der Waals surface area (Å²) < 4.78 is 83.0. The third-order valence-electron chi connectivity index (χ3n) is 7.91. The topological polar surface area (TPSA) is 97.2 Å². The van der Waals surface area contributed by atoms with E-state index < -0.39 is 53.0 Å². The van der Waals surface area contributed by atoms with Gasteiger partial charge in [-0.3, -0.25) is 9.59 Å². The Morgan fingerprint density at radius 2 is 1.85 bits per heavy atom. The van der Waals surface area contributed by atoms with Gasteiger partial charge in [-0.05, 0) is 25.1 Å². The van der Waals surface area contributed by atoms with Crippen LogP contribution in [0.3, 0.4) is 0 Å². The van der Waals surface area contributed by atoms with Crippen LogP contribution < -0.4 is 15.4 Å². The highest BCUT2D eigenvalue weighted by Gasteiger charge is 2.66. The number of pyridine rings is 1. The molecule has 0 radical (unpaired) electrons. The summed E-state index contributed by atoms with van der Waals surface area (Å²) in [6.07, 6.45) is -3.66. The summed E-state index contributed by atoms with van der Waals surface area (Å²) in [6, 6.07) is 4.88. The number of imidazole rings is 1. The summed E-state index contributed by atoms with van der Waals surface area (Å²) in [5.41, 5.74) is -2.10. The molecule has 1 aromatic carbocycles. The maximum atomic E-state index is 14.6. The van der Waals surface area contributed by atoms with Crippen molar-refractivity contribution in [1.82, 2.24) is 19.6 Å². The Morgan fingerprint density at radius 3 is 2.51 bits per heavy atom. The fourth-order valence-corrected chi connectivity index (χ4v) is 5.45. The quantitative estimate of drug-likeness (QED) is 0.446. The van der Waals surface area contributed by atoms with Crippen LogP contribution in [-0.2, 0) is 9.53 Å². The van der Waals surface area contributed by atoms with Crippen molar-refractivity contribution in [2.24, 2.45) is 5.92 Å². The van der Waals surface area contributed by atoms with Crippen LogP contribution in [0.15, 0.2) is 36.7 Å². The van der Waals surface area contributed by atoms with Crippen molar-refractivity contribution in [3.8, 4) is 5.75 Å². The minimum atomic E-state index is -4.88. The van der Waals surface area contributed by atoms with Gasteiger partial charge in [-0.25, -0.2) is 9.37 Å². The summed E-state index contributed by atoms with van der Waals surface area (Å²) in [4.78, 5) is 32.3. The van der Waals surface area contributed by atoms with Crippen LogP contribution in [0.1, 0.15) is 35.8 Å². The molecule has 3 aromatic rings. The standard InChI is InChI=1S/C27H28F5N5O4/c1-14-20(16-5-6-17(28)21(29)22(16)40-3)23(41-26(14,2)27(30,31)32)24(38)34-15-4-7-19-35-18(13-37(19)12-15)25(39)36-10-8-33-9-11-36/h4-7,12-14,20,23,33H,8-11H2,1-3H3,(H,34,38)/t14-,20-,23+,26+/m0/s1. The van der Waals surface area contributed by atoms with E-state index in [1.807, 2.05) is 0 Å². The average molecular weight is 582 g/mol. The van der Waals surface area contributed by atoms with Gasteiger partial charge >= 0.3 is 6.18 Å². The van der Waals surface area contributed by atoms with Crippen molar-refractivity contribution < 1.29 is 41.0 Å². The molecule has 0 aliphatic carbocycles. The number of rotatable bonds is 5. The van der Waals surface area contributed by atoms with Gasteiger partial charge in [0.1, 0.15) is 17.4 Å². The number of hydrogen-bond donors (Lipinski definition) is 2. The van der Waals surface area contributed by atoms with E-state index in [0.29, 0.717) is 31.8 Å². The van der Waals surface area contributed by atoms with Crippen molar-refractivity contribution in [2.45, 2.75) is 37.6 Å². The van der Waals surface area contributed by atoms with E-state index >= 15 is 0 Å². The largest absolute Gasteiger partial charge is 0.493 e. The Kier molecular flexibility index (Phi) is 7.40. The lowest BCUT2D eigenvalue weighted by molar-refractivity contribution is -0.272. The maximum absolute atomic E-state index is 14.6. The Labute approximate surface area is 231 Å². The molecule has 4 heterocycles. The van der Waals surface area contributed by atoms with Crippen LogP contribution in [0.2, 0.25) is 0 Å². The molecule has 2 amide bonds. The van der Waals surface area contributed by atoms with Gasteiger partial charge in [0.25, 0.3) is 11.8 Å². The van der Waals surface area contributed by atoms with Crippen molar-refractivity contribution in [3.63, 3.8) is 0 Å². The van der Waals surface area contributed by atoms with Gasteiger partial charge in [0.2, 0.25) is 5.82 Å². The van der Waals surface area contributed by atoms with Gasteiger partial charge in [0.05, 0.1) is 12.8 Å². The lowest BCUT2D eigenvalue weighted by atomic mass is 9.77. The first-order valence-electron chi connectivity index (χ1n) is 12.9. The Bertz CT molecular complexity index is 1490. The summed E-state index contributed by atoms with van der Waals surface area (Å²) in [5.74, 6) is -7.13. The van der Waals surface area contributed by atoms with Crippen molar-refractivity contribution in [3.05, 3.63) is 59.6 Å². The molecule has 2 aliphatic heterocycles. The monoisotopic (exact) mass is 581 g/mol. The number of carbonyl (C=O) groups is 2. The smallest absolute Gasteiger partial charge is 0.417 e.